The Bertz CT molecular complexity index is 256. The first-order valence-corrected chi connectivity index (χ1v) is 2.94. The molecule has 0 bridgehead atoms. The molecule has 0 saturated carbocycles. The zero-order valence-electron chi connectivity index (χ0n) is 5.80. The summed E-state index contributed by atoms with van der Waals surface area (Å²) in [4.78, 5) is 7.24. The standard InChI is InChI=1S/C6H5F3N2O/c7-6(8,9)5-2-1-4(12-10)3-11-5/h1-3H,10H2. The van der Waals surface area contributed by atoms with Crippen molar-refractivity contribution >= 4 is 0 Å². The fourth-order valence-corrected chi connectivity index (χ4v) is 0.618. The summed E-state index contributed by atoms with van der Waals surface area (Å²) in [6.07, 6.45) is -3.52. The Balaban J connectivity index is 2.93. The van der Waals surface area contributed by atoms with Gasteiger partial charge in [0, 0.05) is 0 Å². The topological polar surface area (TPSA) is 48.1 Å². The Morgan fingerprint density at radius 3 is 2.33 bits per heavy atom. The fraction of sp³-hybridized carbons (Fsp3) is 0.167. The van der Waals surface area contributed by atoms with Gasteiger partial charge in [-0.25, -0.2) is 4.98 Å². The molecule has 0 amide bonds. The van der Waals surface area contributed by atoms with Crippen LogP contribution in [0.25, 0.3) is 0 Å². The molecule has 12 heavy (non-hydrogen) atoms. The Kier molecular flexibility index (Phi) is 2.18. The highest BCUT2D eigenvalue weighted by Gasteiger charge is 2.32. The second kappa shape index (κ2) is 2.98. The number of nitrogens with zero attached hydrogens (tertiary/aromatic N) is 1. The Morgan fingerprint density at radius 2 is 2.00 bits per heavy atom. The zero-order valence-corrected chi connectivity index (χ0v) is 5.80. The van der Waals surface area contributed by atoms with Crippen LogP contribution in [0.2, 0.25) is 0 Å². The highest BCUT2D eigenvalue weighted by Crippen LogP contribution is 2.27. The highest BCUT2D eigenvalue weighted by atomic mass is 19.4. The van der Waals surface area contributed by atoms with Crippen LogP contribution in [0.5, 0.6) is 5.75 Å². The number of nitrogens with two attached hydrogens (primary N) is 1. The van der Waals surface area contributed by atoms with Crippen molar-refractivity contribution < 1.29 is 18.0 Å². The molecule has 0 radical (unpaired) electrons. The van der Waals surface area contributed by atoms with E-state index < -0.39 is 11.9 Å². The molecule has 0 aliphatic rings. The summed E-state index contributed by atoms with van der Waals surface area (Å²) < 4.78 is 35.7. The molecule has 6 heteroatoms. The Morgan fingerprint density at radius 1 is 1.33 bits per heavy atom. The molecule has 0 aliphatic heterocycles. The molecule has 0 fully saturated rings. The van der Waals surface area contributed by atoms with Crippen LogP contribution in [0, 0.1) is 0 Å². The molecule has 0 atom stereocenters. The summed E-state index contributed by atoms with van der Waals surface area (Å²) in [5.74, 6) is 4.77. The van der Waals surface area contributed by atoms with Gasteiger partial charge in [0.1, 0.15) is 5.69 Å². The molecule has 1 aromatic heterocycles. The zero-order chi connectivity index (χ0) is 9.19. The minimum atomic E-state index is -4.42. The summed E-state index contributed by atoms with van der Waals surface area (Å²) in [6, 6.07) is 1.89. The summed E-state index contributed by atoms with van der Waals surface area (Å²) in [6.45, 7) is 0. The first kappa shape index (κ1) is 8.79. The monoisotopic (exact) mass is 178 g/mol. The van der Waals surface area contributed by atoms with E-state index in [1.54, 1.807) is 0 Å². The Hall–Kier alpha value is -1.30. The van der Waals surface area contributed by atoms with Gasteiger partial charge in [-0.05, 0) is 12.1 Å². The third-order valence-corrected chi connectivity index (χ3v) is 1.16. The lowest BCUT2D eigenvalue weighted by Crippen LogP contribution is -2.08. The third-order valence-electron chi connectivity index (χ3n) is 1.16. The largest absolute Gasteiger partial charge is 0.433 e. The molecule has 0 spiro atoms. The summed E-state index contributed by atoms with van der Waals surface area (Å²) >= 11 is 0. The third kappa shape index (κ3) is 1.85. The highest BCUT2D eigenvalue weighted by molar-refractivity contribution is 5.20. The average molecular weight is 178 g/mol. The predicted octanol–water partition coefficient (Wildman–Crippen LogP) is 1.35. The molecule has 0 unspecified atom stereocenters. The molecule has 0 saturated heterocycles. The van der Waals surface area contributed by atoms with E-state index in [0.29, 0.717) is 0 Å². The van der Waals surface area contributed by atoms with Gasteiger partial charge in [-0.3, -0.25) is 0 Å². The summed E-state index contributed by atoms with van der Waals surface area (Å²) in [5.41, 5.74) is -0.969. The molecular formula is C6H5F3N2O. The van der Waals surface area contributed by atoms with Crippen LogP contribution >= 0.6 is 0 Å². The summed E-state index contributed by atoms with van der Waals surface area (Å²) in [5, 5.41) is 0. The summed E-state index contributed by atoms with van der Waals surface area (Å²) in [7, 11) is 0. The predicted molar refractivity (Wildman–Crippen MR) is 34.1 cm³/mol. The van der Waals surface area contributed by atoms with Crippen LogP contribution in [0.15, 0.2) is 18.3 Å². The van der Waals surface area contributed by atoms with Crippen molar-refractivity contribution in [2.45, 2.75) is 6.18 Å². The quantitative estimate of drug-likeness (QED) is 0.660. The van der Waals surface area contributed by atoms with Gasteiger partial charge in [0.25, 0.3) is 0 Å². The van der Waals surface area contributed by atoms with Gasteiger partial charge in [0.05, 0.1) is 6.20 Å². The maximum absolute atomic E-state index is 11.9. The second-order valence-corrected chi connectivity index (χ2v) is 1.99. The molecular weight excluding hydrogens is 173 g/mol. The van der Waals surface area contributed by atoms with Crippen molar-refractivity contribution in [2.75, 3.05) is 0 Å². The van der Waals surface area contributed by atoms with Crippen molar-refractivity contribution in [1.82, 2.24) is 4.98 Å². The van der Waals surface area contributed by atoms with Gasteiger partial charge in [0.15, 0.2) is 5.75 Å². The van der Waals surface area contributed by atoms with Gasteiger partial charge >= 0.3 is 6.18 Å². The van der Waals surface area contributed by atoms with E-state index in [4.69, 9.17) is 0 Å². The second-order valence-electron chi connectivity index (χ2n) is 1.99. The van der Waals surface area contributed by atoms with E-state index in [2.05, 4.69) is 15.7 Å². The van der Waals surface area contributed by atoms with Gasteiger partial charge in [0.2, 0.25) is 0 Å². The van der Waals surface area contributed by atoms with Crippen LogP contribution in [0.1, 0.15) is 5.69 Å². The number of pyridine rings is 1. The lowest BCUT2D eigenvalue weighted by molar-refractivity contribution is -0.141. The molecule has 0 aliphatic carbocycles. The van der Waals surface area contributed by atoms with E-state index in [9.17, 15) is 13.2 Å². The molecule has 1 rings (SSSR count). The van der Waals surface area contributed by atoms with E-state index in [0.717, 1.165) is 18.3 Å². The van der Waals surface area contributed by atoms with Crippen LogP contribution in [-0.4, -0.2) is 4.98 Å². The maximum atomic E-state index is 11.9. The van der Waals surface area contributed by atoms with E-state index >= 15 is 0 Å². The minimum absolute atomic E-state index is 0.0861. The van der Waals surface area contributed by atoms with Crippen molar-refractivity contribution in [2.24, 2.45) is 5.90 Å². The number of alkyl halides is 3. The van der Waals surface area contributed by atoms with Crippen molar-refractivity contribution in [3.8, 4) is 5.75 Å². The number of rotatable bonds is 1. The van der Waals surface area contributed by atoms with Crippen LogP contribution in [0.3, 0.4) is 0 Å². The smallest absolute Gasteiger partial charge is 0.410 e. The van der Waals surface area contributed by atoms with Crippen LogP contribution in [0.4, 0.5) is 13.2 Å². The molecule has 2 N–H and O–H groups in total. The normalized spacial score (nSPS) is 11.3. The van der Waals surface area contributed by atoms with Crippen LogP contribution < -0.4 is 10.7 Å². The molecule has 1 heterocycles. The lowest BCUT2D eigenvalue weighted by Gasteiger charge is -2.04. The molecule has 0 aromatic carbocycles. The molecule has 1 aromatic rings. The van der Waals surface area contributed by atoms with Gasteiger partial charge in [-0.1, -0.05) is 0 Å². The van der Waals surface area contributed by atoms with Crippen molar-refractivity contribution in [3.63, 3.8) is 0 Å². The first-order valence-electron chi connectivity index (χ1n) is 2.94. The SMILES string of the molecule is NOc1ccc(C(F)(F)F)nc1. The average Bonchev–Trinajstić information content (AvgIpc) is 2.03. The number of halogens is 3. The maximum Gasteiger partial charge on any atom is 0.433 e. The van der Waals surface area contributed by atoms with Gasteiger partial charge < -0.3 is 4.84 Å². The fourth-order valence-electron chi connectivity index (χ4n) is 0.618. The number of hydrogen-bond donors (Lipinski definition) is 1. The van der Waals surface area contributed by atoms with Crippen molar-refractivity contribution in [1.29, 1.82) is 0 Å². The van der Waals surface area contributed by atoms with Gasteiger partial charge in [-0.15, -0.1) is 0 Å². The minimum Gasteiger partial charge on any atom is -0.410 e. The van der Waals surface area contributed by atoms with Crippen LogP contribution in [-0.2, 0) is 6.18 Å². The number of aromatic nitrogens is 1. The van der Waals surface area contributed by atoms with Crippen molar-refractivity contribution in [3.05, 3.63) is 24.0 Å². The first-order chi connectivity index (χ1) is 5.54. The van der Waals surface area contributed by atoms with E-state index in [1.807, 2.05) is 0 Å². The van der Waals surface area contributed by atoms with Gasteiger partial charge in [-0.2, -0.15) is 19.1 Å². The van der Waals surface area contributed by atoms with E-state index in [-0.39, 0.29) is 5.75 Å². The Labute approximate surface area is 65.9 Å². The lowest BCUT2D eigenvalue weighted by atomic mass is 10.3. The molecule has 66 valence electrons. The van der Waals surface area contributed by atoms with E-state index in [1.165, 1.54) is 0 Å². The number of hydrogen-bond acceptors (Lipinski definition) is 3. The molecule has 3 nitrogen and oxygen atoms in total.